The fourth-order valence-electron chi connectivity index (χ4n) is 1.46. The summed E-state index contributed by atoms with van der Waals surface area (Å²) in [6.45, 7) is 1.58. The summed E-state index contributed by atoms with van der Waals surface area (Å²) >= 11 is 1.82. The van der Waals surface area contributed by atoms with Crippen LogP contribution in [0.25, 0.3) is 10.8 Å². The van der Waals surface area contributed by atoms with Crippen LogP contribution in [-0.2, 0) is 10.1 Å². The summed E-state index contributed by atoms with van der Waals surface area (Å²) in [7, 11) is -3.56. The molecule has 0 aliphatic rings. The normalized spacial score (nSPS) is 13.5. The van der Waals surface area contributed by atoms with Crippen molar-refractivity contribution in [2.75, 3.05) is 0 Å². The van der Waals surface area contributed by atoms with Gasteiger partial charge in [-0.2, -0.15) is 8.42 Å². The first-order valence-electron chi connectivity index (χ1n) is 5.06. The summed E-state index contributed by atoms with van der Waals surface area (Å²) in [6.07, 6.45) is 0. The molecule has 0 aliphatic heterocycles. The Labute approximate surface area is 114 Å². The van der Waals surface area contributed by atoms with E-state index < -0.39 is 13.4 Å². The molecule has 5 heteroatoms. The van der Waals surface area contributed by atoms with Crippen LogP contribution in [0.2, 0.25) is 0 Å². The van der Waals surface area contributed by atoms with Crippen LogP contribution in [-0.4, -0.2) is 11.7 Å². The average Bonchev–Trinajstić information content (AvgIpc) is 2.29. The van der Waals surface area contributed by atoms with Gasteiger partial charge < -0.3 is 4.18 Å². The van der Waals surface area contributed by atoms with Crippen LogP contribution in [0.15, 0.2) is 42.5 Å². The van der Waals surface area contributed by atoms with Crippen molar-refractivity contribution < 1.29 is 12.6 Å². The highest BCUT2D eigenvalue weighted by Gasteiger charge is 2.20. The van der Waals surface area contributed by atoms with E-state index in [0.717, 1.165) is 10.8 Å². The monoisotopic (exact) mass is 362 g/mol. The van der Waals surface area contributed by atoms with Crippen molar-refractivity contribution in [3.8, 4) is 5.75 Å². The first-order chi connectivity index (χ1) is 8.00. The molecule has 2 aromatic carbocycles. The van der Waals surface area contributed by atoms with Crippen molar-refractivity contribution in [1.82, 2.24) is 0 Å². The predicted octanol–water partition coefficient (Wildman–Crippen LogP) is 3.33. The zero-order valence-electron chi connectivity index (χ0n) is 9.13. The Balaban J connectivity index is 2.50. The highest BCUT2D eigenvalue weighted by atomic mass is 127. The molecule has 0 radical (unpaired) electrons. The molecule has 0 aliphatic carbocycles. The number of hydrogen-bond donors (Lipinski definition) is 0. The van der Waals surface area contributed by atoms with Gasteiger partial charge in [0.25, 0.3) is 0 Å². The van der Waals surface area contributed by atoms with Gasteiger partial charge in [-0.05, 0) is 18.4 Å². The molecular formula is C12H11IO3S. The highest BCUT2D eigenvalue weighted by molar-refractivity contribution is 14.1. The third-order valence-electron chi connectivity index (χ3n) is 2.35. The van der Waals surface area contributed by atoms with Gasteiger partial charge in [0.15, 0.2) is 0 Å². The van der Waals surface area contributed by atoms with E-state index in [0.29, 0.717) is 5.75 Å². The van der Waals surface area contributed by atoms with E-state index in [-0.39, 0.29) is 0 Å². The molecule has 0 bridgehead atoms. The summed E-state index contributed by atoms with van der Waals surface area (Å²) in [5, 5.41) is 1.76. The molecule has 90 valence electrons. The van der Waals surface area contributed by atoms with Gasteiger partial charge in [0.2, 0.25) is 0 Å². The summed E-state index contributed by atoms with van der Waals surface area (Å²) in [5.74, 6) is 0.381. The molecule has 0 spiro atoms. The molecule has 3 nitrogen and oxygen atoms in total. The molecular weight excluding hydrogens is 351 g/mol. The number of hydrogen-bond acceptors (Lipinski definition) is 3. The van der Waals surface area contributed by atoms with Gasteiger partial charge >= 0.3 is 10.1 Å². The Kier molecular flexibility index (Phi) is 3.58. The molecule has 0 amide bonds. The predicted molar refractivity (Wildman–Crippen MR) is 77.0 cm³/mol. The molecule has 1 atom stereocenters. The number of halogens is 1. The van der Waals surface area contributed by atoms with E-state index in [9.17, 15) is 8.42 Å². The molecule has 2 rings (SSSR count). The Hall–Kier alpha value is -0.820. The minimum atomic E-state index is -3.56. The minimum absolute atomic E-state index is 0.381. The van der Waals surface area contributed by atoms with E-state index in [4.69, 9.17) is 4.18 Å². The van der Waals surface area contributed by atoms with Crippen molar-refractivity contribution in [1.29, 1.82) is 0 Å². The second-order valence-corrected chi connectivity index (χ2v) is 8.17. The van der Waals surface area contributed by atoms with E-state index >= 15 is 0 Å². The zero-order valence-corrected chi connectivity index (χ0v) is 12.1. The first-order valence-corrected chi connectivity index (χ1v) is 7.77. The second-order valence-electron chi connectivity index (χ2n) is 3.60. The van der Waals surface area contributed by atoms with Crippen molar-refractivity contribution in [2.45, 2.75) is 10.2 Å². The van der Waals surface area contributed by atoms with Crippen LogP contribution in [0.3, 0.4) is 0 Å². The van der Waals surface area contributed by atoms with Gasteiger partial charge in [-0.25, -0.2) is 0 Å². The Morgan fingerprint density at radius 1 is 1.12 bits per heavy atom. The van der Waals surface area contributed by atoms with Gasteiger partial charge in [-0.1, -0.05) is 59.0 Å². The molecule has 0 saturated carbocycles. The number of benzene rings is 2. The Bertz CT molecular complexity index is 630. The van der Waals surface area contributed by atoms with Gasteiger partial charge in [-0.3, -0.25) is 0 Å². The molecule has 1 unspecified atom stereocenters. The Morgan fingerprint density at radius 2 is 1.76 bits per heavy atom. The third-order valence-corrected chi connectivity index (χ3v) is 5.43. The van der Waals surface area contributed by atoms with Gasteiger partial charge in [0, 0.05) is 5.39 Å². The number of fused-ring (bicyclic) bond motifs is 1. The molecule has 0 heterocycles. The van der Waals surface area contributed by atoms with Crippen LogP contribution in [0.1, 0.15) is 6.92 Å². The Morgan fingerprint density at radius 3 is 2.47 bits per heavy atom. The van der Waals surface area contributed by atoms with Crippen LogP contribution in [0, 0.1) is 0 Å². The standard InChI is InChI=1S/C12H11IO3S/c1-9(13)17(14,15)16-12-8-4-6-10-5-2-3-7-11(10)12/h2-9H,1H3. The van der Waals surface area contributed by atoms with Crippen LogP contribution >= 0.6 is 22.6 Å². The lowest BCUT2D eigenvalue weighted by Crippen LogP contribution is -2.17. The molecule has 0 saturated heterocycles. The lowest BCUT2D eigenvalue weighted by molar-refractivity contribution is 0.489. The van der Waals surface area contributed by atoms with E-state index in [1.54, 1.807) is 19.1 Å². The first kappa shape index (κ1) is 12.6. The highest BCUT2D eigenvalue weighted by Crippen LogP contribution is 2.27. The maximum atomic E-state index is 11.7. The summed E-state index contributed by atoms with van der Waals surface area (Å²) in [4.78, 5) is 0. The number of rotatable bonds is 3. The second kappa shape index (κ2) is 4.81. The van der Waals surface area contributed by atoms with Crippen molar-refractivity contribution >= 4 is 43.5 Å². The third kappa shape index (κ3) is 2.71. The summed E-state index contributed by atoms with van der Waals surface area (Å²) < 4.78 is 28.0. The smallest absolute Gasteiger partial charge is 0.321 e. The van der Waals surface area contributed by atoms with E-state index in [1.165, 1.54) is 0 Å². The van der Waals surface area contributed by atoms with Gasteiger partial charge in [-0.15, -0.1) is 0 Å². The fourth-order valence-corrected chi connectivity index (χ4v) is 2.30. The van der Waals surface area contributed by atoms with Crippen LogP contribution < -0.4 is 4.18 Å². The lowest BCUT2D eigenvalue weighted by Gasteiger charge is -2.10. The number of alkyl halides is 1. The SMILES string of the molecule is CC(I)S(=O)(=O)Oc1cccc2ccccc12. The molecule has 0 aromatic heterocycles. The maximum Gasteiger partial charge on any atom is 0.321 e. The van der Waals surface area contributed by atoms with Crippen molar-refractivity contribution in [2.24, 2.45) is 0 Å². The van der Waals surface area contributed by atoms with Gasteiger partial charge in [0.1, 0.15) is 9.01 Å². The molecule has 2 aromatic rings. The molecule has 0 fully saturated rings. The molecule has 17 heavy (non-hydrogen) atoms. The lowest BCUT2D eigenvalue weighted by atomic mass is 10.1. The average molecular weight is 362 g/mol. The van der Waals surface area contributed by atoms with Crippen molar-refractivity contribution in [3.63, 3.8) is 0 Å². The van der Waals surface area contributed by atoms with Crippen LogP contribution in [0.4, 0.5) is 0 Å². The minimum Gasteiger partial charge on any atom is -0.381 e. The zero-order chi connectivity index (χ0) is 12.5. The van der Waals surface area contributed by atoms with Gasteiger partial charge in [0.05, 0.1) is 0 Å². The largest absolute Gasteiger partial charge is 0.381 e. The van der Waals surface area contributed by atoms with Crippen LogP contribution in [0.5, 0.6) is 5.75 Å². The summed E-state index contributed by atoms with van der Waals surface area (Å²) in [5.41, 5.74) is 0. The maximum absolute atomic E-state index is 11.7. The quantitative estimate of drug-likeness (QED) is 0.478. The van der Waals surface area contributed by atoms with E-state index in [2.05, 4.69) is 0 Å². The molecule has 0 N–H and O–H groups in total. The van der Waals surface area contributed by atoms with E-state index in [1.807, 2.05) is 52.9 Å². The topological polar surface area (TPSA) is 43.4 Å². The summed E-state index contributed by atoms with van der Waals surface area (Å²) in [6, 6.07) is 12.9. The fraction of sp³-hybridized carbons (Fsp3) is 0.167. The van der Waals surface area contributed by atoms with Crippen molar-refractivity contribution in [3.05, 3.63) is 42.5 Å².